The normalized spacial score (nSPS) is 21.9. The van der Waals surface area contributed by atoms with Gasteiger partial charge < -0.3 is 10.2 Å². The fourth-order valence-corrected chi connectivity index (χ4v) is 3.07. The molecule has 1 heterocycles. The maximum Gasteiger partial charge on any atom is 0.310 e. The minimum atomic E-state index is -0.672. The molecular formula is C18H23NO3. The van der Waals surface area contributed by atoms with Crippen molar-refractivity contribution in [3.05, 3.63) is 35.4 Å². The molecule has 1 aromatic rings. The number of carbonyl (C=O) groups is 1. The van der Waals surface area contributed by atoms with Crippen LogP contribution in [0.1, 0.15) is 37.3 Å². The van der Waals surface area contributed by atoms with Gasteiger partial charge in [0, 0.05) is 18.7 Å². The van der Waals surface area contributed by atoms with Crippen LogP contribution in [0.5, 0.6) is 0 Å². The molecule has 0 radical (unpaired) electrons. The number of hydrogen-bond donors (Lipinski definition) is 2. The number of carboxylic acid groups (broad SMARTS) is 1. The van der Waals surface area contributed by atoms with Gasteiger partial charge in [0.25, 0.3) is 0 Å². The molecule has 118 valence electrons. The summed E-state index contributed by atoms with van der Waals surface area (Å²) in [4.78, 5) is 13.8. The Morgan fingerprint density at radius 3 is 2.68 bits per heavy atom. The monoisotopic (exact) mass is 301 g/mol. The van der Waals surface area contributed by atoms with Gasteiger partial charge in [0.2, 0.25) is 0 Å². The van der Waals surface area contributed by atoms with Gasteiger partial charge in [-0.1, -0.05) is 30.9 Å². The number of hydrogen-bond acceptors (Lipinski definition) is 3. The Bertz CT molecular complexity index is 570. The van der Waals surface area contributed by atoms with Crippen LogP contribution in [0.3, 0.4) is 0 Å². The van der Waals surface area contributed by atoms with E-state index in [1.54, 1.807) is 0 Å². The Morgan fingerprint density at radius 2 is 2.09 bits per heavy atom. The van der Waals surface area contributed by atoms with E-state index in [9.17, 15) is 9.90 Å². The van der Waals surface area contributed by atoms with Crippen LogP contribution in [0.15, 0.2) is 24.3 Å². The maximum absolute atomic E-state index is 11.6. The number of carboxylic acids is 1. The highest BCUT2D eigenvalue weighted by Gasteiger charge is 2.40. The van der Waals surface area contributed by atoms with Gasteiger partial charge in [0.1, 0.15) is 6.61 Å². The van der Waals surface area contributed by atoms with Crippen LogP contribution in [0.25, 0.3) is 0 Å². The molecule has 4 nitrogen and oxygen atoms in total. The lowest BCUT2D eigenvalue weighted by atomic mass is 9.77. The molecule has 0 bridgehead atoms. The average molecular weight is 301 g/mol. The third-order valence-corrected chi connectivity index (χ3v) is 4.46. The first-order valence-corrected chi connectivity index (χ1v) is 7.74. The number of piperidine rings is 1. The summed E-state index contributed by atoms with van der Waals surface area (Å²) < 4.78 is 0. The summed E-state index contributed by atoms with van der Waals surface area (Å²) in [6.07, 6.45) is 2.37. The largest absolute Gasteiger partial charge is 0.481 e. The van der Waals surface area contributed by atoms with Crippen molar-refractivity contribution in [3.8, 4) is 11.8 Å². The van der Waals surface area contributed by atoms with E-state index in [2.05, 4.69) is 16.7 Å². The summed E-state index contributed by atoms with van der Waals surface area (Å²) in [5.74, 6) is 4.83. The van der Waals surface area contributed by atoms with E-state index < -0.39 is 11.4 Å². The smallest absolute Gasteiger partial charge is 0.310 e. The van der Waals surface area contributed by atoms with Gasteiger partial charge in [-0.15, -0.1) is 0 Å². The molecule has 1 saturated heterocycles. The van der Waals surface area contributed by atoms with Gasteiger partial charge in [-0.25, -0.2) is 0 Å². The Balaban J connectivity index is 2.02. The molecular weight excluding hydrogens is 278 g/mol. The second kappa shape index (κ2) is 7.44. The lowest BCUT2D eigenvalue weighted by Gasteiger charge is -2.39. The van der Waals surface area contributed by atoms with Crippen LogP contribution in [-0.4, -0.2) is 40.8 Å². The third-order valence-electron chi connectivity index (χ3n) is 4.46. The highest BCUT2D eigenvalue weighted by molar-refractivity contribution is 5.75. The molecule has 0 saturated carbocycles. The van der Waals surface area contributed by atoms with E-state index in [-0.39, 0.29) is 6.61 Å². The molecule has 0 unspecified atom stereocenters. The summed E-state index contributed by atoms with van der Waals surface area (Å²) in [6.45, 7) is 4.16. The summed E-state index contributed by atoms with van der Waals surface area (Å²) in [7, 11) is 0. The average Bonchev–Trinajstić information content (AvgIpc) is 2.54. The first kappa shape index (κ1) is 16.5. The number of nitrogens with zero attached hydrogens (tertiary/aromatic N) is 1. The Kier molecular flexibility index (Phi) is 5.59. The van der Waals surface area contributed by atoms with E-state index >= 15 is 0 Å². The van der Waals surface area contributed by atoms with Crippen molar-refractivity contribution in [2.24, 2.45) is 5.41 Å². The van der Waals surface area contributed by atoms with Crippen molar-refractivity contribution >= 4 is 5.97 Å². The fraction of sp³-hybridized carbons (Fsp3) is 0.500. The molecule has 0 aliphatic carbocycles. The molecule has 22 heavy (non-hydrogen) atoms. The molecule has 2 N–H and O–H groups in total. The Hall–Kier alpha value is -1.83. The van der Waals surface area contributed by atoms with E-state index in [1.165, 1.54) is 0 Å². The summed E-state index contributed by atoms with van der Waals surface area (Å²) in [5, 5.41) is 18.2. The van der Waals surface area contributed by atoms with Gasteiger partial charge >= 0.3 is 5.97 Å². The predicted molar refractivity (Wildman–Crippen MR) is 85.3 cm³/mol. The minimum absolute atomic E-state index is 0.135. The maximum atomic E-state index is 11.6. The SMILES string of the molecule is CC[C@@]1(C(=O)O)CCCN(Cc2ccc(C#CCO)cc2)C1. The first-order valence-electron chi connectivity index (χ1n) is 7.74. The lowest BCUT2D eigenvalue weighted by Crippen LogP contribution is -2.47. The third kappa shape index (κ3) is 3.88. The van der Waals surface area contributed by atoms with Crippen molar-refractivity contribution in [3.63, 3.8) is 0 Å². The molecule has 2 rings (SSSR count). The van der Waals surface area contributed by atoms with Crippen molar-refractivity contribution in [2.45, 2.75) is 32.7 Å². The van der Waals surface area contributed by atoms with E-state index in [0.29, 0.717) is 13.0 Å². The van der Waals surface area contributed by atoms with Crippen molar-refractivity contribution in [1.29, 1.82) is 0 Å². The van der Waals surface area contributed by atoms with Crippen LogP contribution >= 0.6 is 0 Å². The second-order valence-corrected chi connectivity index (χ2v) is 5.91. The number of aliphatic hydroxyl groups excluding tert-OH is 1. The van der Waals surface area contributed by atoms with Crippen LogP contribution in [0.4, 0.5) is 0 Å². The van der Waals surface area contributed by atoms with Crippen molar-refractivity contribution in [1.82, 2.24) is 4.90 Å². The zero-order valence-corrected chi connectivity index (χ0v) is 13.0. The van der Waals surface area contributed by atoms with Crippen LogP contribution in [0, 0.1) is 17.3 Å². The quantitative estimate of drug-likeness (QED) is 0.836. The van der Waals surface area contributed by atoms with Crippen LogP contribution < -0.4 is 0 Å². The summed E-state index contributed by atoms with van der Waals surface area (Å²) in [5.41, 5.74) is 1.45. The highest BCUT2D eigenvalue weighted by atomic mass is 16.4. The number of benzene rings is 1. The van der Waals surface area contributed by atoms with Crippen molar-refractivity contribution in [2.75, 3.05) is 19.7 Å². The zero-order valence-electron chi connectivity index (χ0n) is 13.0. The number of aliphatic carboxylic acids is 1. The molecule has 0 amide bonds. The lowest BCUT2D eigenvalue weighted by molar-refractivity contribution is -0.153. The molecule has 0 spiro atoms. The molecule has 1 fully saturated rings. The number of aliphatic hydroxyl groups is 1. The summed E-state index contributed by atoms with van der Waals surface area (Å²) in [6, 6.07) is 7.91. The van der Waals surface area contributed by atoms with Gasteiger partial charge in [-0.2, -0.15) is 0 Å². The van der Waals surface area contributed by atoms with Gasteiger partial charge in [0.15, 0.2) is 0 Å². The topological polar surface area (TPSA) is 60.8 Å². The molecule has 1 atom stereocenters. The Labute approximate surface area is 131 Å². The first-order chi connectivity index (χ1) is 10.6. The standard InChI is InChI=1S/C18H23NO3/c1-2-18(17(21)22)10-4-11-19(14-18)13-16-8-6-15(7-9-16)5-3-12-20/h6-9,20H,2,4,10-14H2,1H3,(H,21,22)/t18-/m1/s1. The molecule has 1 aliphatic rings. The fourth-order valence-electron chi connectivity index (χ4n) is 3.07. The predicted octanol–water partition coefficient (Wildman–Crippen LogP) is 2.11. The van der Waals surface area contributed by atoms with Crippen molar-refractivity contribution < 1.29 is 15.0 Å². The molecule has 4 heteroatoms. The van der Waals surface area contributed by atoms with Gasteiger partial charge in [-0.05, 0) is 43.5 Å². The number of likely N-dealkylation sites (tertiary alicyclic amines) is 1. The van der Waals surface area contributed by atoms with Crippen LogP contribution in [0.2, 0.25) is 0 Å². The van der Waals surface area contributed by atoms with E-state index in [1.807, 2.05) is 31.2 Å². The van der Waals surface area contributed by atoms with Crippen LogP contribution in [-0.2, 0) is 11.3 Å². The molecule has 1 aromatic carbocycles. The minimum Gasteiger partial charge on any atom is -0.481 e. The van der Waals surface area contributed by atoms with Gasteiger partial charge in [0.05, 0.1) is 5.41 Å². The summed E-state index contributed by atoms with van der Waals surface area (Å²) >= 11 is 0. The zero-order chi connectivity index (χ0) is 16.0. The highest BCUT2D eigenvalue weighted by Crippen LogP contribution is 2.34. The number of rotatable bonds is 4. The second-order valence-electron chi connectivity index (χ2n) is 5.91. The van der Waals surface area contributed by atoms with E-state index in [0.717, 1.165) is 37.1 Å². The molecule has 0 aromatic heterocycles. The van der Waals surface area contributed by atoms with Gasteiger partial charge in [-0.3, -0.25) is 9.69 Å². The molecule has 1 aliphatic heterocycles. The Morgan fingerprint density at radius 1 is 1.36 bits per heavy atom. The van der Waals surface area contributed by atoms with E-state index in [4.69, 9.17) is 5.11 Å².